The van der Waals surface area contributed by atoms with Crippen molar-refractivity contribution in [2.45, 2.75) is 18.5 Å². The zero-order valence-electron chi connectivity index (χ0n) is 12.5. The Bertz CT molecular complexity index is 726. The number of nitrogens with one attached hydrogen (secondary N) is 1. The Kier molecular flexibility index (Phi) is 4.01. The van der Waals surface area contributed by atoms with E-state index in [9.17, 15) is 18.0 Å². The van der Waals surface area contributed by atoms with Crippen LogP contribution in [0.5, 0.6) is 0 Å². The number of ether oxygens (including phenoxy) is 1. The summed E-state index contributed by atoms with van der Waals surface area (Å²) in [7, 11) is 1.46. The molecule has 5 nitrogen and oxygen atoms in total. The Morgan fingerprint density at radius 2 is 2.26 bits per heavy atom. The van der Waals surface area contributed by atoms with Crippen LogP contribution in [-0.2, 0) is 15.7 Å². The molecule has 0 bridgehead atoms. The monoisotopic (exact) mass is 327 g/mol. The summed E-state index contributed by atoms with van der Waals surface area (Å²) in [6, 6.07) is 3.45. The number of methoxy groups -OCH3 is 1. The number of carbonyl (C=O) groups is 1. The fraction of sp³-hybridized carbons (Fsp3) is 0.467. The Balaban J connectivity index is 1.80. The minimum Gasteiger partial charge on any atom is -0.375 e. The second kappa shape index (κ2) is 5.84. The average Bonchev–Trinajstić information content (AvgIpc) is 3.12. The fourth-order valence-electron chi connectivity index (χ4n) is 2.82. The molecule has 8 heteroatoms. The van der Waals surface area contributed by atoms with Gasteiger partial charge in [0.15, 0.2) is 0 Å². The molecule has 0 spiro atoms. The predicted molar refractivity (Wildman–Crippen MR) is 76.9 cm³/mol. The predicted octanol–water partition coefficient (Wildman–Crippen LogP) is 2.54. The number of likely N-dealkylation sites (tertiary alicyclic amines) is 1. The van der Waals surface area contributed by atoms with Gasteiger partial charge >= 0.3 is 6.18 Å². The summed E-state index contributed by atoms with van der Waals surface area (Å²) < 4.78 is 43.1. The summed E-state index contributed by atoms with van der Waals surface area (Å²) in [4.78, 5) is 20.8. The molecular weight excluding hydrogens is 311 g/mol. The van der Waals surface area contributed by atoms with Crippen LogP contribution in [0.4, 0.5) is 13.2 Å². The van der Waals surface area contributed by atoms with Gasteiger partial charge in [0.2, 0.25) is 5.91 Å². The van der Waals surface area contributed by atoms with Crippen molar-refractivity contribution < 1.29 is 22.7 Å². The number of aromatic amines is 1. The molecule has 1 N–H and O–H groups in total. The topological polar surface area (TPSA) is 58.2 Å². The highest BCUT2D eigenvalue weighted by Gasteiger charge is 2.32. The maximum Gasteiger partial charge on any atom is 0.416 e. The van der Waals surface area contributed by atoms with E-state index in [1.165, 1.54) is 13.2 Å². The zero-order valence-corrected chi connectivity index (χ0v) is 12.5. The second-order valence-electron chi connectivity index (χ2n) is 5.61. The molecule has 1 saturated heterocycles. The van der Waals surface area contributed by atoms with Crippen LogP contribution in [0.2, 0.25) is 0 Å². The molecule has 3 rings (SSSR count). The third-order valence-corrected chi connectivity index (χ3v) is 4.02. The Labute approximate surface area is 130 Å². The first-order valence-electron chi connectivity index (χ1n) is 7.22. The summed E-state index contributed by atoms with van der Waals surface area (Å²) in [5.74, 6) is 0.523. The van der Waals surface area contributed by atoms with Crippen LogP contribution in [0.25, 0.3) is 11.0 Å². The molecule has 2 heterocycles. The molecule has 0 aliphatic carbocycles. The van der Waals surface area contributed by atoms with Gasteiger partial charge in [-0.25, -0.2) is 4.98 Å². The highest BCUT2D eigenvalue weighted by Crippen LogP contribution is 2.32. The van der Waals surface area contributed by atoms with Crippen LogP contribution < -0.4 is 0 Å². The van der Waals surface area contributed by atoms with E-state index in [0.29, 0.717) is 29.9 Å². The largest absolute Gasteiger partial charge is 0.416 e. The Morgan fingerprint density at radius 3 is 2.96 bits per heavy atom. The molecule has 2 aromatic rings. The normalized spacial score (nSPS) is 18.8. The summed E-state index contributed by atoms with van der Waals surface area (Å²) >= 11 is 0. The number of hydrogen-bond donors (Lipinski definition) is 1. The molecule has 1 fully saturated rings. The number of hydrogen-bond acceptors (Lipinski definition) is 3. The lowest BCUT2D eigenvalue weighted by Gasteiger charge is -2.15. The summed E-state index contributed by atoms with van der Waals surface area (Å²) in [5.41, 5.74) is 0.148. The van der Waals surface area contributed by atoms with Gasteiger partial charge < -0.3 is 14.6 Å². The van der Waals surface area contributed by atoms with Crippen molar-refractivity contribution in [3.63, 3.8) is 0 Å². The number of H-pyrrole nitrogens is 1. The van der Waals surface area contributed by atoms with E-state index in [2.05, 4.69) is 9.97 Å². The number of amides is 1. The van der Waals surface area contributed by atoms with E-state index in [0.717, 1.165) is 18.6 Å². The molecule has 1 unspecified atom stereocenters. The van der Waals surface area contributed by atoms with Crippen molar-refractivity contribution >= 4 is 16.9 Å². The fourth-order valence-corrected chi connectivity index (χ4v) is 2.82. The lowest BCUT2D eigenvalue weighted by atomic mass is 10.1. The molecule has 1 aromatic heterocycles. The molecule has 1 amide bonds. The van der Waals surface area contributed by atoms with Crippen molar-refractivity contribution in [3.8, 4) is 0 Å². The first-order valence-corrected chi connectivity index (χ1v) is 7.22. The third kappa shape index (κ3) is 3.17. The van der Waals surface area contributed by atoms with Gasteiger partial charge in [0.25, 0.3) is 0 Å². The number of imidazole rings is 1. The Morgan fingerprint density at radius 1 is 1.48 bits per heavy atom. The van der Waals surface area contributed by atoms with Crippen LogP contribution in [0.1, 0.15) is 23.7 Å². The maximum atomic E-state index is 12.7. The Hall–Kier alpha value is -2.09. The first kappa shape index (κ1) is 15.8. The van der Waals surface area contributed by atoms with Gasteiger partial charge in [-0.05, 0) is 24.6 Å². The van der Waals surface area contributed by atoms with E-state index in [1.54, 1.807) is 4.90 Å². The smallest absolute Gasteiger partial charge is 0.375 e. The first-order chi connectivity index (χ1) is 10.9. The number of nitrogens with zero attached hydrogens (tertiary/aromatic N) is 2. The molecular formula is C15H16F3N3O2. The van der Waals surface area contributed by atoms with Gasteiger partial charge in [-0.15, -0.1) is 0 Å². The van der Waals surface area contributed by atoms with Gasteiger partial charge in [0, 0.05) is 26.1 Å². The van der Waals surface area contributed by atoms with Crippen molar-refractivity contribution in [2.24, 2.45) is 0 Å². The summed E-state index contributed by atoms with van der Waals surface area (Å²) in [6.07, 6.45) is -3.66. The molecule has 23 heavy (non-hydrogen) atoms. The number of benzene rings is 1. The number of alkyl halides is 3. The molecule has 1 atom stereocenters. The van der Waals surface area contributed by atoms with E-state index < -0.39 is 11.7 Å². The lowest BCUT2D eigenvalue weighted by Crippen LogP contribution is -2.31. The van der Waals surface area contributed by atoms with Crippen molar-refractivity contribution in [3.05, 3.63) is 29.6 Å². The van der Waals surface area contributed by atoms with E-state index in [4.69, 9.17) is 4.74 Å². The SMILES string of the molecule is COCC(=O)N1CCC(c2nc3ccc(C(F)(F)F)cc3[nH]2)C1. The quantitative estimate of drug-likeness (QED) is 0.942. The molecule has 1 aromatic carbocycles. The highest BCUT2D eigenvalue weighted by molar-refractivity contribution is 5.78. The van der Waals surface area contributed by atoms with Gasteiger partial charge in [-0.1, -0.05) is 0 Å². The molecule has 0 radical (unpaired) electrons. The van der Waals surface area contributed by atoms with Crippen LogP contribution in [0.3, 0.4) is 0 Å². The van der Waals surface area contributed by atoms with E-state index >= 15 is 0 Å². The number of rotatable bonds is 3. The minimum atomic E-state index is -4.38. The maximum absolute atomic E-state index is 12.7. The van der Waals surface area contributed by atoms with Crippen molar-refractivity contribution in [2.75, 3.05) is 26.8 Å². The lowest BCUT2D eigenvalue weighted by molar-refractivity contribution is -0.137. The number of halogens is 3. The number of aromatic nitrogens is 2. The number of carbonyl (C=O) groups excluding carboxylic acids is 1. The second-order valence-corrected chi connectivity index (χ2v) is 5.61. The van der Waals surface area contributed by atoms with Gasteiger partial charge in [-0.2, -0.15) is 13.2 Å². The van der Waals surface area contributed by atoms with Crippen molar-refractivity contribution in [1.82, 2.24) is 14.9 Å². The van der Waals surface area contributed by atoms with Crippen LogP contribution in [0.15, 0.2) is 18.2 Å². The number of fused-ring (bicyclic) bond motifs is 1. The zero-order chi connectivity index (χ0) is 16.6. The van der Waals surface area contributed by atoms with Crippen molar-refractivity contribution in [1.29, 1.82) is 0 Å². The van der Waals surface area contributed by atoms with E-state index in [1.807, 2.05) is 0 Å². The molecule has 124 valence electrons. The third-order valence-electron chi connectivity index (χ3n) is 4.02. The molecule has 1 aliphatic heterocycles. The summed E-state index contributed by atoms with van der Waals surface area (Å²) in [6.45, 7) is 1.12. The van der Waals surface area contributed by atoms with Gasteiger partial charge in [0.1, 0.15) is 12.4 Å². The van der Waals surface area contributed by atoms with Crippen LogP contribution in [0, 0.1) is 0 Å². The summed E-state index contributed by atoms with van der Waals surface area (Å²) in [5, 5.41) is 0. The average molecular weight is 327 g/mol. The highest BCUT2D eigenvalue weighted by atomic mass is 19.4. The molecule has 1 aliphatic rings. The van der Waals surface area contributed by atoms with Gasteiger partial charge in [-0.3, -0.25) is 4.79 Å². The van der Waals surface area contributed by atoms with E-state index in [-0.39, 0.29) is 18.4 Å². The minimum absolute atomic E-state index is 0.00228. The standard InChI is InChI=1S/C15H16F3N3O2/c1-23-8-13(22)21-5-4-9(7-21)14-19-11-3-2-10(15(16,17)18)6-12(11)20-14/h2-3,6,9H,4-5,7-8H2,1H3,(H,19,20). The molecule has 0 saturated carbocycles. The van der Waals surface area contributed by atoms with Gasteiger partial charge in [0.05, 0.1) is 16.6 Å². The van der Waals surface area contributed by atoms with Crippen LogP contribution in [-0.4, -0.2) is 47.6 Å². The van der Waals surface area contributed by atoms with Crippen LogP contribution >= 0.6 is 0 Å².